The molecule has 0 aliphatic rings. The van der Waals surface area contributed by atoms with Gasteiger partial charge >= 0.3 is 0 Å². The van der Waals surface area contributed by atoms with Crippen LogP contribution < -0.4 is 20.3 Å². The summed E-state index contributed by atoms with van der Waals surface area (Å²) in [5.41, 5.74) is 4.47. The first-order valence-electron chi connectivity index (χ1n) is 14.7. The van der Waals surface area contributed by atoms with E-state index in [4.69, 9.17) is 27.9 Å². The summed E-state index contributed by atoms with van der Waals surface area (Å²) in [6.45, 7) is 2.02. The summed E-state index contributed by atoms with van der Waals surface area (Å²) < 4.78 is 6.08. The smallest absolute Gasteiger partial charge is 0.251 e. The quantitative estimate of drug-likeness (QED) is 0.155. The van der Waals surface area contributed by atoms with Gasteiger partial charge in [-0.3, -0.25) is 19.4 Å². The number of carbonyl (C=O) groups is 3. The maximum atomic E-state index is 13.0. The number of pyridine rings is 2. The summed E-state index contributed by atoms with van der Waals surface area (Å²) in [6, 6.07) is 25.1. The van der Waals surface area contributed by atoms with Crippen molar-refractivity contribution in [1.29, 1.82) is 0 Å². The molecule has 238 valence electrons. The molecule has 3 amide bonds. The topological polar surface area (TPSA) is 114 Å². The Morgan fingerprint density at radius 3 is 2.49 bits per heavy atom. The van der Waals surface area contributed by atoms with Crippen LogP contribution in [0.25, 0.3) is 17.0 Å². The van der Waals surface area contributed by atoms with Crippen molar-refractivity contribution in [3.8, 4) is 5.75 Å². The number of anilines is 1. The van der Waals surface area contributed by atoms with Gasteiger partial charge in [-0.2, -0.15) is 0 Å². The third kappa shape index (κ3) is 8.52. The highest BCUT2D eigenvalue weighted by molar-refractivity contribution is 6.38. The first-order chi connectivity index (χ1) is 22.7. The highest BCUT2D eigenvalue weighted by Gasteiger charge is 2.19. The van der Waals surface area contributed by atoms with Crippen LogP contribution in [0.3, 0.4) is 0 Å². The van der Waals surface area contributed by atoms with Crippen LogP contribution in [0.15, 0.2) is 97.2 Å². The number of aryl methyl sites for hydroxylation is 1. The normalized spacial score (nSPS) is 11.0. The Morgan fingerprint density at radius 1 is 0.915 bits per heavy atom. The van der Waals surface area contributed by atoms with Crippen molar-refractivity contribution in [2.75, 3.05) is 18.5 Å². The molecular formula is C36H31Cl2N5O4. The Labute approximate surface area is 282 Å². The number of fused-ring (bicyclic) bond motifs is 1. The van der Waals surface area contributed by atoms with Gasteiger partial charge in [0.2, 0.25) is 11.8 Å². The number of amides is 3. The number of benzene rings is 3. The molecule has 0 aliphatic heterocycles. The lowest BCUT2D eigenvalue weighted by Crippen LogP contribution is -2.37. The van der Waals surface area contributed by atoms with Gasteiger partial charge in [0.15, 0.2) is 0 Å². The molecule has 2 N–H and O–H groups in total. The fourth-order valence-electron chi connectivity index (χ4n) is 4.63. The molecule has 0 spiro atoms. The molecule has 0 radical (unpaired) electrons. The monoisotopic (exact) mass is 667 g/mol. The SMILES string of the molecule is Cc1ccc2cccc(OCc3c(Cl)ccc(N(C)C(=O)CNC(=O)/C=C/c4ccc(C(=O)NCc5ccccn5)cc4)c3Cl)c2n1. The molecule has 0 saturated heterocycles. The Balaban J connectivity index is 1.14. The van der Waals surface area contributed by atoms with Crippen molar-refractivity contribution >= 4 is 63.6 Å². The van der Waals surface area contributed by atoms with Crippen LogP contribution in [0.2, 0.25) is 10.0 Å². The van der Waals surface area contributed by atoms with Crippen LogP contribution in [-0.4, -0.2) is 41.3 Å². The second kappa shape index (κ2) is 15.4. The zero-order chi connectivity index (χ0) is 33.3. The van der Waals surface area contributed by atoms with Crippen molar-refractivity contribution < 1.29 is 19.1 Å². The van der Waals surface area contributed by atoms with Crippen LogP contribution in [0, 0.1) is 6.92 Å². The number of nitrogens with zero attached hydrogens (tertiary/aromatic N) is 3. The summed E-state index contributed by atoms with van der Waals surface area (Å²) in [4.78, 5) is 48.0. The number of aromatic nitrogens is 2. The summed E-state index contributed by atoms with van der Waals surface area (Å²) in [6.07, 6.45) is 4.58. The van der Waals surface area contributed by atoms with Gasteiger partial charge in [-0.05, 0) is 67.1 Å². The molecule has 5 rings (SSSR count). The van der Waals surface area contributed by atoms with Gasteiger partial charge in [0.05, 0.1) is 29.5 Å². The minimum atomic E-state index is -0.459. The van der Waals surface area contributed by atoms with E-state index in [9.17, 15) is 14.4 Å². The van der Waals surface area contributed by atoms with Crippen molar-refractivity contribution in [3.63, 3.8) is 0 Å². The second-order valence-corrected chi connectivity index (χ2v) is 11.3. The number of halogens is 2. The fraction of sp³-hybridized carbons (Fsp3) is 0.139. The minimum absolute atomic E-state index is 0.0562. The maximum absolute atomic E-state index is 13.0. The third-order valence-electron chi connectivity index (χ3n) is 7.27. The molecule has 0 bridgehead atoms. The van der Waals surface area contributed by atoms with Crippen LogP contribution in [0.4, 0.5) is 5.69 Å². The minimum Gasteiger partial charge on any atom is -0.487 e. The number of carbonyl (C=O) groups excluding carboxylic acids is 3. The Hall–Kier alpha value is -5.25. The van der Waals surface area contributed by atoms with Gasteiger partial charge in [0.1, 0.15) is 17.9 Å². The molecule has 2 heterocycles. The molecule has 47 heavy (non-hydrogen) atoms. The highest BCUT2D eigenvalue weighted by Crippen LogP contribution is 2.35. The van der Waals surface area contributed by atoms with E-state index in [0.717, 1.165) is 22.3 Å². The molecule has 5 aromatic rings. The average Bonchev–Trinajstić information content (AvgIpc) is 3.09. The first-order valence-corrected chi connectivity index (χ1v) is 15.4. The Bertz CT molecular complexity index is 1950. The van der Waals surface area contributed by atoms with Gasteiger partial charge in [-0.1, -0.05) is 59.6 Å². The number of likely N-dealkylation sites (N-methyl/N-ethyl adjacent to an activating group) is 1. The predicted molar refractivity (Wildman–Crippen MR) is 185 cm³/mol. The van der Waals surface area contributed by atoms with Crippen LogP contribution >= 0.6 is 23.2 Å². The summed E-state index contributed by atoms with van der Waals surface area (Å²) >= 11 is 13.2. The molecule has 3 aromatic carbocycles. The zero-order valence-electron chi connectivity index (χ0n) is 25.7. The first kappa shape index (κ1) is 33.1. The maximum Gasteiger partial charge on any atom is 0.251 e. The van der Waals surface area contributed by atoms with E-state index >= 15 is 0 Å². The lowest BCUT2D eigenvalue weighted by Gasteiger charge is -2.21. The second-order valence-electron chi connectivity index (χ2n) is 10.6. The van der Waals surface area contributed by atoms with E-state index in [-0.39, 0.29) is 24.1 Å². The Kier molecular flexibility index (Phi) is 10.8. The molecule has 0 unspecified atom stereocenters. The van der Waals surface area contributed by atoms with Crippen molar-refractivity contribution in [1.82, 2.24) is 20.6 Å². The van der Waals surface area contributed by atoms with Gasteiger partial charge in [-0.15, -0.1) is 0 Å². The average molecular weight is 669 g/mol. The number of ether oxygens (including phenoxy) is 1. The van der Waals surface area contributed by atoms with E-state index in [1.165, 1.54) is 11.0 Å². The zero-order valence-corrected chi connectivity index (χ0v) is 27.2. The van der Waals surface area contributed by atoms with Crippen LogP contribution in [0.1, 0.15) is 32.9 Å². The standard InChI is InChI=1S/C36H31Cl2N5O4/c1-23-9-13-25-6-5-8-31(35(25)42-23)47-22-28-29(37)16-17-30(34(28)38)43(2)33(45)21-40-32(44)18-12-24-10-14-26(15-11-24)36(46)41-20-27-7-3-4-19-39-27/h3-19H,20-22H2,1-2H3,(H,40,44)(H,41,46)/b18-12+. The third-order valence-corrected chi connectivity index (χ3v) is 8.04. The number of rotatable bonds is 11. The molecule has 0 aliphatic carbocycles. The van der Waals surface area contributed by atoms with E-state index in [2.05, 4.69) is 20.6 Å². The van der Waals surface area contributed by atoms with E-state index in [1.807, 2.05) is 55.5 Å². The molecule has 2 aromatic heterocycles. The van der Waals surface area contributed by atoms with Gasteiger partial charge < -0.3 is 20.3 Å². The summed E-state index contributed by atoms with van der Waals surface area (Å²) in [7, 11) is 1.57. The molecule has 0 saturated carbocycles. The molecule has 9 nitrogen and oxygen atoms in total. The van der Waals surface area contributed by atoms with Gasteiger partial charge in [-0.25, -0.2) is 4.98 Å². The number of para-hydroxylation sites is 1. The number of nitrogens with one attached hydrogen (secondary N) is 2. The lowest BCUT2D eigenvalue weighted by molar-refractivity contribution is -0.122. The highest BCUT2D eigenvalue weighted by atomic mass is 35.5. The molecule has 11 heteroatoms. The fourth-order valence-corrected chi connectivity index (χ4v) is 5.23. The molecule has 0 fully saturated rings. The Morgan fingerprint density at radius 2 is 1.72 bits per heavy atom. The number of hydrogen-bond acceptors (Lipinski definition) is 6. The van der Waals surface area contributed by atoms with E-state index < -0.39 is 11.8 Å². The van der Waals surface area contributed by atoms with Crippen molar-refractivity contribution in [2.45, 2.75) is 20.1 Å². The van der Waals surface area contributed by atoms with Gasteiger partial charge in [0.25, 0.3) is 5.91 Å². The lowest BCUT2D eigenvalue weighted by atomic mass is 10.1. The van der Waals surface area contributed by atoms with Crippen LogP contribution in [-0.2, 0) is 22.7 Å². The van der Waals surface area contributed by atoms with Gasteiger partial charge in [0, 0.05) is 46.6 Å². The number of hydrogen-bond donors (Lipinski definition) is 2. The summed E-state index contributed by atoms with van der Waals surface area (Å²) in [5, 5.41) is 7.00. The molecule has 0 atom stereocenters. The molecular weight excluding hydrogens is 637 g/mol. The van der Waals surface area contributed by atoms with Crippen molar-refractivity contribution in [3.05, 3.63) is 135 Å². The largest absolute Gasteiger partial charge is 0.487 e. The van der Waals surface area contributed by atoms with Crippen molar-refractivity contribution in [2.24, 2.45) is 0 Å². The summed E-state index contributed by atoms with van der Waals surface area (Å²) in [5.74, 6) is -0.497. The van der Waals surface area contributed by atoms with E-state index in [1.54, 1.807) is 55.7 Å². The van der Waals surface area contributed by atoms with Crippen LogP contribution in [0.5, 0.6) is 5.75 Å². The predicted octanol–water partition coefficient (Wildman–Crippen LogP) is 6.55. The van der Waals surface area contributed by atoms with E-state index in [0.29, 0.717) is 39.7 Å².